The average Bonchev–Trinajstić information content (AvgIpc) is 2.85. The molecule has 0 saturated heterocycles. The van der Waals surface area contributed by atoms with Crippen LogP contribution in [0.5, 0.6) is 0 Å². The largest absolute Gasteiger partial charge is 0.280 e. The van der Waals surface area contributed by atoms with E-state index in [2.05, 4.69) is 20.0 Å². The summed E-state index contributed by atoms with van der Waals surface area (Å²) < 4.78 is 28.0. The molecule has 8 heteroatoms. The monoisotopic (exact) mass is 283 g/mol. The van der Waals surface area contributed by atoms with Crippen LogP contribution in [0.4, 0.5) is 5.82 Å². The molecule has 2 aromatic heterocycles. The van der Waals surface area contributed by atoms with Gasteiger partial charge in [0, 0.05) is 30.4 Å². The number of nitrogens with one attached hydrogen (secondary N) is 2. The van der Waals surface area contributed by atoms with Crippen molar-refractivity contribution >= 4 is 15.8 Å². The summed E-state index contributed by atoms with van der Waals surface area (Å²) in [6.45, 7) is 6.04. The van der Waals surface area contributed by atoms with Gasteiger partial charge in [0.1, 0.15) is 4.90 Å². The topological polar surface area (TPSA) is 92.7 Å². The SMILES string of the molecule is Cn1cc(S(=O)(=O)Nc2cc(C(C)(C)C)[nH]n2)cn1. The first-order valence-electron chi connectivity index (χ1n) is 5.76. The Morgan fingerprint density at radius 2 is 2.05 bits per heavy atom. The number of hydrogen-bond acceptors (Lipinski definition) is 4. The molecule has 0 aliphatic rings. The quantitative estimate of drug-likeness (QED) is 0.886. The van der Waals surface area contributed by atoms with Crippen LogP contribution in [0.25, 0.3) is 0 Å². The maximum absolute atomic E-state index is 12.1. The molecule has 0 atom stereocenters. The van der Waals surface area contributed by atoms with Crippen molar-refractivity contribution in [1.29, 1.82) is 0 Å². The van der Waals surface area contributed by atoms with E-state index in [1.54, 1.807) is 13.1 Å². The highest BCUT2D eigenvalue weighted by atomic mass is 32.2. The van der Waals surface area contributed by atoms with Crippen LogP contribution in [0.15, 0.2) is 23.4 Å². The van der Waals surface area contributed by atoms with Crippen LogP contribution >= 0.6 is 0 Å². The highest BCUT2D eigenvalue weighted by molar-refractivity contribution is 7.92. The van der Waals surface area contributed by atoms with Crippen molar-refractivity contribution in [2.75, 3.05) is 4.72 Å². The van der Waals surface area contributed by atoms with Gasteiger partial charge in [0.05, 0.1) is 6.20 Å². The lowest BCUT2D eigenvalue weighted by molar-refractivity contribution is 0.567. The van der Waals surface area contributed by atoms with E-state index in [-0.39, 0.29) is 16.1 Å². The second-order valence-corrected chi connectivity index (χ2v) is 7.05. The van der Waals surface area contributed by atoms with Gasteiger partial charge < -0.3 is 0 Å². The molecule has 0 bridgehead atoms. The van der Waals surface area contributed by atoms with Crippen molar-refractivity contribution in [2.24, 2.45) is 7.05 Å². The molecule has 0 spiro atoms. The van der Waals surface area contributed by atoms with Gasteiger partial charge in [-0.2, -0.15) is 10.2 Å². The number of aromatic nitrogens is 4. The minimum atomic E-state index is -3.64. The first-order valence-corrected chi connectivity index (χ1v) is 7.24. The van der Waals surface area contributed by atoms with Gasteiger partial charge in [-0.05, 0) is 0 Å². The fraction of sp³-hybridized carbons (Fsp3) is 0.455. The van der Waals surface area contributed by atoms with Crippen LogP contribution < -0.4 is 4.72 Å². The molecule has 2 N–H and O–H groups in total. The van der Waals surface area contributed by atoms with Gasteiger partial charge in [-0.3, -0.25) is 14.5 Å². The zero-order valence-corrected chi connectivity index (χ0v) is 12.1. The summed E-state index contributed by atoms with van der Waals surface area (Å²) in [4.78, 5) is 0.107. The van der Waals surface area contributed by atoms with E-state index in [9.17, 15) is 8.42 Å². The molecule has 104 valence electrons. The van der Waals surface area contributed by atoms with E-state index in [1.807, 2.05) is 20.8 Å². The molecule has 0 aliphatic carbocycles. The molecule has 2 aromatic rings. The lowest BCUT2D eigenvalue weighted by Crippen LogP contribution is -2.13. The Balaban J connectivity index is 2.24. The first kappa shape index (κ1) is 13.6. The number of aryl methyl sites for hydroxylation is 1. The second kappa shape index (κ2) is 4.37. The van der Waals surface area contributed by atoms with Crippen molar-refractivity contribution in [3.05, 3.63) is 24.2 Å². The van der Waals surface area contributed by atoms with Crippen LogP contribution in [0, 0.1) is 0 Å². The minimum Gasteiger partial charge on any atom is -0.280 e. The molecule has 0 aliphatic heterocycles. The van der Waals surface area contributed by atoms with Gasteiger partial charge in [-0.15, -0.1) is 0 Å². The van der Waals surface area contributed by atoms with Crippen molar-refractivity contribution in [3.8, 4) is 0 Å². The van der Waals surface area contributed by atoms with E-state index in [0.717, 1.165) is 5.69 Å². The maximum Gasteiger partial charge on any atom is 0.266 e. The predicted molar refractivity (Wildman–Crippen MR) is 71.3 cm³/mol. The molecule has 19 heavy (non-hydrogen) atoms. The molecular formula is C11H17N5O2S. The zero-order chi connectivity index (χ0) is 14.3. The summed E-state index contributed by atoms with van der Waals surface area (Å²) in [6.07, 6.45) is 2.72. The van der Waals surface area contributed by atoms with Gasteiger partial charge in [0.15, 0.2) is 5.82 Å². The molecule has 2 rings (SSSR count). The fourth-order valence-electron chi connectivity index (χ4n) is 1.49. The molecular weight excluding hydrogens is 266 g/mol. The highest BCUT2D eigenvalue weighted by Crippen LogP contribution is 2.23. The standard InChI is InChI=1S/C11H17N5O2S/c1-11(2,3)9-5-10(14-13-9)15-19(17,18)8-6-12-16(4)7-8/h5-7H,1-4H3,(H2,13,14,15). The normalized spacial score (nSPS) is 12.6. The number of anilines is 1. The van der Waals surface area contributed by atoms with E-state index in [4.69, 9.17) is 0 Å². The van der Waals surface area contributed by atoms with Crippen molar-refractivity contribution in [1.82, 2.24) is 20.0 Å². The summed E-state index contributed by atoms with van der Waals surface area (Å²) in [6, 6.07) is 1.69. The Bertz CT molecular complexity index is 678. The van der Waals surface area contributed by atoms with Gasteiger partial charge in [0.2, 0.25) is 0 Å². The summed E-state index contributed by atoms with van der Waals surface area (Å²) >= 11 is 0. The number of nitrogens with zero attached hydrogens (tertiary/aromatic N) is 3. The molecule has 2 heterocycles. The average molecular weight is 283 g/mol. The van der Waals surface area contributed by atoms with Gasteiger partial charge in [0.25, 0.3) is 10.0 Å². The summed E-state index contributed by atoms with van der Waals surface area (Å²) in [5, 5.41) is 10.6. The maximum atomic E-state index is 12.1. The lowest BCUT2D eigenvalue weighted by atomic mass is 9.92. The van der Waals surface area contributed by atoms with E-state index >= 15 is 0 Å². The molecule has 0 saturated carbocycles. The Hall–Kier alpha value is -1.83. The number of sulfonamides is 1. The third kappa shape index (κ3) is 2.95. The molecule has 7 nitrogen and oxygen atoms in total. The summed E-state index contributed by atoms with van der Waals surface area (Å²) in [7, 11) is -1.98. The van der Waals surface area contributed by atoms with Crippen LogP contribution in [0.2, 0.25) is 0 Å². The van der Waals surface area contributed by atoms with Crippen LogP contribution in [-0.2, 0) is 22.5 Å². The molecule has 0 amide bonds. The molecule has 0 unspecified atom stereocenters. The van der Waals surface area contributed by atoms with Crippen molar-refractivity contribution < 1.29 is 8.42 Å². The highest BCUT2D eigenvalue weighted by Gasteiger charge is 2.20. The summed E-state index contributed by atoms with van der Waals surface area (Å²) in [5.74, 6) is 0.272. The van der Waals surface area contributed by atoms with Crippen molar-refractivity contribution in [2.45, 2.75) is 31.1 Å². The Morgan fingerprint density at radius 1 is 1.37 bits per heavy atom. The Morgan fingerprint density at radius 3 is 2.53 bits per heavy atom. The zero-order valence-electron chi connectivity index (χ0n) is 11.3. The van der Waals surface area contributed by atoms with Gasteiger partial charge >= 0.3 is 0 Å². The van der Waals surface area contributed by atoms with Crippen LogP contribution in [0.3, 0.4) is 0 Å². The lowest BCUT2D eigenvalue weighted by Gasteiger charge is -2.14. The Kier molecular flexibility index (Phi) is 3.13. The number of aromatic amines is 1. The molecule has 0 radical (unpaired) electrons. The second-order valence-electron chi connectivity index (χ2n) is 5.37. The first-order chi connectivity index (χ1) is 8.68. The molecule has 0 fully saturated rings. The van der Waals surface area contributed by atoms with Crippen LogP contribution in [-0.4, -0.2) is 28.4 Å². The number of rotatable bonds is 3. The van der Waals surface area contributed by atoms with E-state index in [0.29, 0.717) is 0 Å². The van der Waals surface area contributed by atoms with E-state index in [1.165, 1.54) is 17.1 Å². The van der Waals surface area contributed by atoms with E-state index < -0.39 is 10.0 Å². The van der Waals surface area contributed by atoms with Crippen LogP contribution in [0.1, 0.15) is 26.5 Å². The minimum absolute atomic E-state index is 0.107. The summed E-state index contributed by atoms with van der Waals surface area (Å²) in [5.41, 5.74) is 0.738. The third-order valence-electron chi connectivity index (χ3n) is 2.62. The smallest absolute Gasteiger partial charge is 0.266 e. The molecule has 0 aromatic carbocycles. The Labute approximate surface area is 112 Å². The predicted octanol–water partition coefficient (Wildman–Crippen LogP) is 1.24. The van der Waals surface area contributed by atoms with Crippen molar-refractivity contribution in [3.63, 3.8) is 0 Å². The number of hydrogen-bond donors (Lipinski definition) is 2. The number of H-pyrrole nitrogens is 1. The third-order valence-corrected chi connectivity index (χ3v) is 3.93. The van der Waals surface area contributed by atoms with Gasteiger partial charge in [-0.25, -0.2) is 8.42 Å². The van der Waals surface area contributed by atoms with Gasteiger partial charge in [-0.1, -0.05) is 20.8 Å². The fourth-order valence-corrected chi connectivity index (χ4v) is 2.47.